The molecule has 9 atom stereocenters. The Morgan fingerprint density at radius 1 is 0.635 bits per heavy atom. The molecule has 0 aromatic rings. The minimum Gasteiger partial charge on any atom is -0.481 e. The highest BCUT2D eigenvalue weighted by atomic mass is 16.4. The molecule has 0 aliphatic carbocycles. The van der Waals surface area contributed by atoms with Crippen molar-refractivity contribution in [1.82, 2.24) is 5.32 Å². The van der Waals surface area contributed by atoms with Crippen LogP contribution in [0.2, 0.25) is 0 Å². The number of nitrogens with zero attached hydrogens (tertiary/aromatic N) is 3. The van der Waals surface area contributed by atoms with Gasteiger partial charge in [0.1, 0.15) is 0 Å². The highest BCUT2D eigenvalue weighted by Crippen LogP contribution is 2.62. The number of carboxylic acid groups (broad SMARTS) is 7. The van der Waals surface area contributed by atoms with E-state index in [0.717, 1.165) is 0 Å². The first-order valence-electron chi connectivity index (χ1n) is 21.3. The minimum absolute atomic E-state index is 0.0202. The van der Waals surface area contributed by atoms with Crippen LogP contribution < -0.4 is 5.32 Å². The maximum atomic E-state index is 13.1. The molecule has 5 aliphatic rings. The SMILES string of the molecule is C/C1=C2N=C(/C=C3\N/C(=C(/C)C4=N[C@@](C)([C@@H]5N=C1[C@](C)(CCC(=O)O)[C@H]5CC(=O)O)[C@@](C)(CC(=O)O)[C@@H]4CCC(=O)O)[C@@](C)(CC(=O)O)[C@@H]3CCC(=O)O)C(C)(C)[C@@H]/2CCC(=O)O. The molecule has 0 spiro atoms. The van der Waals surface area contributed by atoms with E-state index >= 15 is 0 Å². The first-order chi connectivity index (χ1) is 29.0. The molecule has 18 nitrogen and oxygen atoms in total. The van der Waals surface area contributed by atoms with Crippen LogP contribution in [0.5, 0.6) is 0 Å². The Balaban J connectivity index is 2.03. The fraction of sp³-hybridized carbons (Fsp3) is 0.644. The minimum atomic E-state index is -1.63. The van der Waals surface area contributed by atoms with Gasteiger partial charge < -0.3 is 41.1 Å². The largest absolute Gasteiger partial charge is 0.481 e. The molecule has 0 aromatic heterocycles. The number of rotatable bonds is 18. The second-order valence-electron chi connectivity index (χ2n) is 19.5. The maximum Gasteiger partial charge on any atom is 0.304 e. The van der Waals surface area contributed by atoms with E-state index in [1.54, 1.807) is 47.6 Å². The third-order valence-corrected chi connectivity index (χ3v) is 15.3. The lowest BCUT2D eigenvalue weighted by Gasteiger charge is -2.48. The van der Waals surface area contributed by atoms with Gasteiger partial charge >= 0.3 is 41.8 Å². The van der Waals surface area contributed by atoms with Crippen LogP contribution in [0.15, 0.2) is 49.3 Å². The van der Waals surface area contributed by atoms with Gasteiger partial charge in [0.25, 0.3) is 0 Å². The Morgan fingerprint density at radius 2 is 1.16 bits per heavy atom. The number of carboxylic acids is 7. The van der Waals surface area contributed by atoms with Crippen molar-refractivity contribution >= 4 is 58.9 Å². The molecule has 5 rings (SSSR count). The van der Waals surface area contributed by atoms with Crippen molar-refractivity contribution in [2.75, 3.05) is 0 Å². The maximum absolute atomic E-state index is 13.1. The Hall–Kier alpha value is -5.68. The third-order valence-electron chi connectivity index (χ3n) is 15.3. The predicted octanol–water partition coefficient (Wildman–Crippen LogP) is 5.92. The normalized spacial score (nSPS) is 36.2. The molecule has 1 fully saturated rings. The van der Waals surface area contributed by atoms with E-state index in [2.05, 4.69) is 5.32 Å². The molecule has 18 heteroatoms. The number of hydrogen-bond donors (Lipinski definition) is 8. The Kier molecular flexibility index (Phi) is 13.1. The monoisotopic (exact) mass is 880 g/mol. The molecule has 0 radical (unpaired) electrons. The zero-order valence-electron chi connectivity index (χ0n) is 37.1. The summed E-state index contributed by atoms with van der Waals surface area (Å²) in [5.41, 5.74) is -3.60. The van der Waals surface area contributed by atoms with Gasteiger partial charge in [-0.1, -0.05) is 34.6 Å². The molecule has 0 aromatic carbocycles. The zero-order chi connectivity index (χ0) is 47.4. The van der Waals surface area contributed by atoms with Crippen molar-refractivity contribution in [3.63, 3.8) is 0 Å². The second kappa shape index (κ2) is 17.1. The molecular formula is C45H60N4O14. The van der Waals surface area contributed by atoms with E-state index in [-0.39, 0.29) is 44.2 Å². The topological polar surface area (TPSA) is 310 Å². The van der Waals surface area contributed by atoms with E-state index in [9.17, 15) is 69.3 Å². The summed E-state index contributed by atoms with van der Waals surface area (Å²) in [6.45, 7) is 13.9. The number of carbonyl (C=O) groups is 7. The van der Waals surface area contributed by atoms with Crippen molar-refractivity contribution in [2.24, 2.45) is 60.3 Å². The van der Waals surface area contributed by atoms with Gasteiger partial charge in [-0.15, -0.1) is 0 Å². The predicted molar refractivity (Wildman–Crippen MR) is 227 cm³/mol. The zero-order valence-corrected chi connectivity index (χ0v) is 37.1. The second-order valence-corrected chi connectivity index (χ2v) is 19.5. The van der Waals surface area contributed by atoms with Gasteiger partial charge in [0.2, 0.25) is 0 Å². The summed E-state index contributed by atoms with van der Waals surface area (Å²) >= 11 is 0. The summed E-state index contributed by atoms with van der Waals surface area (Å²) in [5, 5.41) is 75.1. The molecular weight excluding hydrogens is 821 g/mol. The Labute approximate surface area is 365 Å². The molecule has 0 unspecified atom stereocenters. The van der Waals surface area contributed by atoms with Crippen LogP contribution in [0, 0.1) is 45.3 Å². The first-order valence-corrected chi connectivity index (χ1v) is 21.3. The van der Waals surface area contributed by atoms with Gasteiger partial charge in [0, 0.05) is 105 Å². The standard InChI is InChI=1S/C45H60N4O14/c1-21-36-24(10-13-30(52)53)41(3,4)28(47-36)18-27-23(9-12-29(50)51)43(6,19-34(60)61)39(46-27)22(2)37-25(11-14-31(54)55)44(7,20-35(62)63)45(8,49-37)40-26(17-33(58)59)42(5,38(21)48-40)16-15-32(56)57/h18,23-26,40,46H,9-17,19-20H2,1-8H3,(H,50,51)(H,52,53)(H,54,55)(H,56,57)(H,58,59)(H,60,61)(H,62,63)/b27-18-,36-21-,39-22-/t23-,24-,25-,26+,40-,42-,43+,44+,45+/m1/s1. The van der Waals surface area contributed by atoms with Crippen molar-refractivity contribution < 1.29 is 69.3 Å². The molecule has 8 bridgehead atoms. The summed E-state index contributed by atoms with van der Waals surface area (Å²) in [5.74, 6) is -11.5. The van der Waals surface area contributed by atoms with Gasteiger partial charge in [0.15, 0.2) is 0 Å². The van der Waals surface area contributed by atoms with Crippen LogP contribution >= 0.6 is 0 Å². The average Bonchev–Trinajstić information content (AvgIpc) is 3.75. The molecule has 0 saturated carbocycles. The summed E-state index contributed by atoms with van der Waals surface area (Å²) in [6.07, 6.45) is -1.45. The van der Waals surface area contributed by atoms with Gasteiger partial charge in [-0.25, -0.2) is 0 Å². The smallest absolute Gasteiger partial charge is 0.304 e. The first kappa shape index (κ1) is 48.4. The summed E-state index contributed by atoms with van der Waals surface area (Å²) in [4.78, 5) is 104. The van der Waals surface area contributed by atoms with E-state index in [1.165, 1.54) is 0 Å². The van der Waals surface area contributed by atoms with E-state index < -0.39 is 131 Å². The number of aliphatic imine (C=N–C) groups is 3. The third kappa shape index (κ3) is 8.56. The Morgan fingerprint density at radius 3 is 1.67 bits per heavy atom. The van der Waals surface area contributed by atoms with Crippen LogP contribution in [0.3, 0.4) is 0 Å². The molecule has 344 valence electrons. The van der Waals surface area contributed by atoms with Crippen molar-refractivity contribution in [1.29, 1.82) is 0 Å². The fourth-order valence-electron chi connectivity index (χ4n) is 11.8. The van der Waals surface area contributed by atoms with Crippen LogP contribution in [0.25, 0.3) is 0 Å². The summed E-state index contributed by atoms with van der Waals surface area (Å²) in [6, 6.07) is -1.15. The van der Waals surface area contributed by atoms with Gasteiger partial charge in [-0.05, 0) is 63.7 Å². The average molecular weight is 881 g/mol. The Bertz CT molecular complexity index is 2220. The fourth-order valence-corrected chi connectivity index (χ4v) is 11.8. The van der Waals surface area contributed by atoms with Crippen LogP contribution in [0.4, 0.5) is 0 Å². The van der Waals surface area contributed by atoms with Gasteiger partial charge in [-0.3, -0.25) is 48.5 Å². The molecule has 8 N–H and O–H groups in total. The lowest BCUT2D eigenvalue weighted by molar-refractivity contribution is -0.143. The van der Waals surface area contributed by atoms with Crippen LogP contribution in [-0.4, -0.2) is 106 Å². The van der Waals surface area contributed by atoms with Crippen molar-refractivity contribution in [3.8, 4) is 0 Å². The molecule has 5 heterocycles. The van der Waals surface area contributed by atoms with Crippen molar-refractivity contribution in [2.45, 2.75) is 138 Å². The van der Waals surface area contributed by atoms with Gasteiger partial charge in [-0.2, -0.15) is 0 Å². The quantitative estimate of drug-likeness (QED) is 0.0792. The van der Waals surface area contributed by atoms with Gasteiger partial charge in [0.05, 0.1) is 30.8 Å². The van der Waals surface area contributed by atoms with E-state index in [0.29, 0.717) is 39.7 Å². The number of fused-ring (bicyclic) bond motifs is 6. The number of hydrogen-bond acceptors (Lipinski definition) is 11. The number of allylic oxidation sites excluding steroid dienone is 6. The summed E-state index contributed by atoms with van der Waals surface area (Å²) in [7, 11) is 0. The number of nitrogens with one attached hydrogen (secondary N) is 1. The van der Waals surface area contributed by atoms with Crippen molar-refractivity contribution in [3.05, 3.63) is 34.3 Å². The highest BCUT2D eigenvalue weighted by molar-refractivity contribution is 6.10. The molecule has 0 amide bonds. The molecule has 1 saturated heterocycles. The molecule has 63 heavy (non-hydrogen) atoms. The number of aliphatic carboxylic acids is 7. The highest BCUT2D eigenvalue weighted by Gasteiger charge is 2.66. The van der Waals surface area contributed by atoms with Crippen LogP contribution in [0.1, 0.15) is 126 Å². The van der Waals surface area contributed by atoms with E-state index in [4.69, 9.17) is 15.0 Å². The molecule has 5 aliphatic heterocycles. The van der Waals surface area contributed by atoms with Crippen LogP contribution in [-0.2, 0) is 33.6 Å². The van der Waals surface area contributed by atoms with E-state index in [1.807, 2.05) is 13.8 Å². The lowest BCUT2D eigenvalue weighted by Crippen LogP contribution is -2.55. The summed E-state index contributed by atoms with van der Waals surface area (Å²) < 4.78 is 0. The lowest BCUT2D eigenvalue weighted by atomic mass is 9.55.